The van der Waals surface area contributed by atoms with Crippen molar-refractivity contribution in [2.75, 3.05) is 0 Å². The highest BCUT2D eigenvalue weighted by atomic mass is 28.4. The third kappa shape index (κ3) is 4.95. The lowest BCUT2D eigenvalue weighted by atomic mass is 10.1. The highest BCUT2D eigenvalue weighted by Gasteiger charge is 2.43. The highest BCUT2D eigenvalue weighted by molar-refractivity contribution is 6.74. The predicted molar refractivity (Wildman–Crippen MR) is 95.0 cm³/mol. The van der Waals surface area contributed by atoms with E-state index >= 15 is 0 Å². The van der Waals surface area contributed by atoms with E-state index in [1.165, 1.54) is 10.6 Å². The molecule has 0 saturated heterocycles. The predicted octanol–water partition coefficient (Wildman–Crippen LogP) is 4.79. The molecule has 1 aromatic carbocycles. The third-order valence-corrected chi connectivity index (χ3v) is 8.93. The fourth-order valence-corrected chi connectivity index (χ4v) is 4.42. The van der Waals surface area contributed by atoms with Crippen molar-refractivity contribution in [3.05, 3.63) is 35.9 Å². The van der Waals surface area contributed by atoms with Gasteiger partial charge < -0.3 is 4.53 Å². The number of hydrogen-bond donors (Lipinski definition) is 0. The molecule has 0 aliphatic rings. The van der Waals surface area contributed by atoms with Crippen LogP contribution in [0.3, 0.4) is 0 Å². The first-order valence-corrected chi connectivity index (χ1v) is 11.1. The smallest absolute Gasteiger partial charge is 0.232 e. The number of hydroxylamine groups is 2. The van der Waals surface area contributed by atoms with Crippen molar-refractivity contribution in [1.29, 1.82) is 0 Å². The van der Waals surface area contributed by atoms with Gasteiger partial charge in [-0.1, -0.05) is 57.5 Å². The molecule has 0 aromatic heterocycles. The summed E-state index contributed by atoms with van der Waals surface area (Å²) >= 11 is 0. The zero-order chi connectivity index (χ0) is 16.8. The van der Waals surface area contributed by atoms with E-state index in [1.54, 1.807) is 0 Å². The van der Waals surface area contributed by atoms with Crippen LogP contribution in [0.1, 0.15) is 46.1 Å². The van der Waals surface area contributed by atoms with Crippen molar-refractivity contribution >= 4 is 14.7 Å². The fourth-order valence-electron chi connectivity index (χ4n) is 2.57. The molecule has 1 rings (SSSR count). The molecule has 1 aromatic rings. The van der Waals surface area contributed by atoms with E-state index < -0.39 is 8.32 Å². The van der Waals surface area contributed by atoms with Gasteiger partial charge in [0.2, 0.25) is 14.7 Å². The number of hydrogen-bond acceptors (Lipinski definition) is 2. The molecule has 0 aliphatic carbocycles. The lowest BCUT2D eigenvalue weighted by molar-refractivity contribution is -0.152. The Morgan fingerprint density at radius 2 is 1.86 bits per heavy atom. The van der Waals surface area contributed by atoms with Gasteiger partial charge in [-0.05, 0) is 43.5 Å². The highest BCUT2D eigenvalue weighted by Crippen LogP contribution is 2.42. The van der Waals surface area contributed by atoms with Gasteiger partial charge in [0, 0.05) is 0 Å². The van der Waals surface area contributed by atoms with Crippen molar-refractivity contribution in [3.63, 3.8) is 0 Å². The molecule has 0 N–H and O–H groups in total. The first-order chi connectivity index (χ1) is 10.2. The summed E-state index contributed by atoms with van der Waals surface area (Å²) in [5, 5.41) is 1.67. The number of carbonyl (C=O) groups excluding carboxylic acids is 1. The van der Waals surface area contributed by atoms with Crippen molar-refractivity contribution < 1.29 is 9.32 Å². The van der Waals surface area contributed by atoms with Gasteiger partial charge in [0.1, 0.15) is 0 Å². The summed E-state index contributed by atoms with van der Waals surface area (Å²) in [6, 6.07) is 10.3. The molecule has 0 bridgehead atoms. The average molecular weight is 322 g/mol. The molecular formula is C18H31NO2Si. The summed E-state index contributed by atoms with van der Waals surface area (Å²) in [6.07, 6.45) is 3.89. The quantitative estimate of drug-likeness (QED) is 0.372. The fraction of sp³-hybridized carbons (Fsp3) is 0.611. The monoisotopic (exact) mass is 321 g/mol. The van der Waals surface area contributed by atoms with Gasteiger partial charge in [-0.15, -0.1) is 0 Å². The van der Waals surface area contributed by atoms with Crippen LogP contribution in [-0.4, -0.2) is 25.8 Å². The van der Waals surface area contributed by atoms with Crippen LogP contribution in [0.15, 0.2) is 30.3 Å². The largest absolute Gasteiger partial charge is 0.317 e. The molecule has 0 fully saturated rings. The molecular weight excluding hydrogens is 290 g/mol. The van der Waals surface area contributed by atoms with E-state index in [0.717, 1.165) is 25.7 Å². The summed E-state index contributed by atoms with van der Waals surface area (Å²) in [5.41, 5.74) is 1.22. The molecule has 0 spiro atoms. The molecule has 1 amide bonds. The lowest BCUT2D eigenvalue weighted by Crippen LogP contribution is -2.50. The Morgan fingerprint density at radius 1 is 1.27 bits per heavy atom. The van der Waals surface area contributed by atoms with E-state index in [9.17, 15) is 4.79 Å². The first-order valence-electron chi connectivity index (χ1n) is 8.20. The van der Waals surface area contributed by atoms with E-state index in [1.807, 2.05) is 25.1 Å². The summed E-state index contributed by atoms with van der Waals surface area (Å²) in [7, 11) is -2.02. The minimum absolute atomic E-state index is 0.0316. The minimum Gasteiger partial charge on any atom is -0.317 e. The molecule has 124 valence electrons. The van der Waals surface area contributed by atoms with Crippen LogP contribution in [0.5, 0.6) is 0 Å². The second kappa shape index (κ2) is 7.93. The first kappa shape index (κ1) is 18.9. The van der Waals surface area contributed by atoms with Crippen LogP contribution in [0.25, 0.3) is 0 Å². The van der Waals surface area contributed by atoms with Crippen LogP contribution >= 0.6 is 0 Å². The van der Waals surface area contributed by atoms with Gasteiger partial charge in [-0.3, -0.25) is 4.79 Å². The van der Waals surface area contributed by atoms with Gasteiger partial charge in [-0.25, -0.2) is 5.06 Å². The minimum atomic E-state index is -2.02. The second-order valence-corrected chi connectivity index (χ2v) is 11.8. The lowest BCUT2D eigenvalue weighted by Gasteiger charge is -2.42. The Bertz CT molecular complexity index is 459. The Morgan fingerprint density at radius 3 is 2.36 bits per heavy atom. The number of carbonyl (C=O) groups is 1. The number of amides is 1. The Kier molecular flexibility index (Phi) is 6.82. The molecule has 3 nitrogen and oxygen atoms in total. The summed E-state index contributed by atoms with van der Waals surface area (Å²) in [5.74, 6) is 0. The molecule has 0 saturated carbocycles. The van der Waals surface area contributed by atoms with Crippen LogP contribution in [0.2, 0.25) is 18.1 Å². The zero-order valence-electron chi connectivity index (χ0n) is 14.9. The van der Waals surface area contributed by atoms with Crippen LogP contribution in [0, 0.1) is 0 Å². The van der Waals surface area contributed by atoms with Gasteiger partial charge in [0.15, 0.2) is 0 Å². The Balaban J connectivity index is 2.77. The zero-order valence-corrected chi connectivity index (χ0v) is 15.9. The Labute approximate surface area is 136 Å². The summed E-state index contributed by atoms with van der Waals surface area (Å²) < 4.78 is 6.24. The molecule has 22 heavy (non-hydrogen) atoms. The van der Waals surface area contributed by atoms with E-state index in [2.05, 4.69) is 46.0 Å². The normalized spacial score (nSPS) is 13.7. The van der Waals surface area contributed by atoms with Gasteiger partial charge in [-0.2, -0.15) is 0 Å². The molecule has 0 heterocycles. The van der Waals surface area contributed by atoms with E-state index in [-0.39, 0.29) is 11.1 Å². The van der Waals surface area contributed by atoms with E-state index in [0.29, 0.717) is 0 Å². The molecule has 4 heteroatoms. The van der Waals surface area contributed by atoms with Crippen molar-refractivity contribution in [2.45, 2.75) is 71.1 Å². The summed E-state index contributed by atoms with van der Waals surface area (Å²) in [6.45, 7) is 13.2. The maximum Gasteiger partial charge on any atom is 0.232 e. The Hall–Kier alpha value is -1.13. The third-order valence-electron chi connectivity index (χ3n) is 4.75. The molecule has 0 radical (unpaired) electrons. The standard InChI is InChI=1S/C18H31NO2Si/c1-7-13-18(3,4)22(5,6)21-19(15-20)16(2)14-17-11-9-8-10-12-17/h8-12,15-16H,7,13-14H2,1-6H3/t16-/m0/s1. The molecule has 0 unspecified atom stereocenters. The van der Waals surface area contributed by atoms with Gasteiger partial charge in [0.05, 0.1) is 6.04 Å². The SMILES string of the molecule is CCCC(C)(C)[Si](C)(C)ON(C=O)[C@@H](C)Cc1ccccc1. The molecule has 1 atom stereocenters. The number of rotatable bonds is 9. The number of nitrogens with zero attached hydrogens (tertiary/aromatic N) is 1. The van der Waals surface area contributed by atoms with Gasteiger partial charge in [0.25, 0.3) is 0 Å². The maximum atomic E-state index is 11.5. The van der Waals surface area contributed by atoms with Crippen molar-refractivity contribution in [1.82, 2.24) is 5.06 Å². The van der Waals surface area contributed by atoms with Crippen molar-refractivity contribution in [2.24, 2.45) is 0 Å². The van der Waals surface area contributed by atoms with Crippen LogP contribution in [0.4, 0.5) is 0 Å². The maximum absolute atomic E-state index is 11.5. The summed E-state index contributed by atoms with van der Waals surface area (Å²) in [4.78, 5) is 11.5. The van der Waals surface area contributed by atoms with Crippen molar-refractivity contribution in [3.8, 4) is 0 Å². The van der Waals surface area contributed by atoms with Gasteiger partial charge >= 0.3 is 0 Å². The van der Waals surface area contributed by atoms with Crippen LogP contribution < -0.4 is 0 Å². The van der Waals surface area contributed by atoms with E-state index in [4.69, 9.17) is 4.53 Å². The number of benzene rings is 1. The topological polar surface area (TPSA) is 29.5 Å². The van der Waals surface area contributed by atoms with Crippen LogP contribution in [-0.2, 0) is 15.7 Å². The molecule has 0 aliphatic heterocycles. The average Bonchev–Trinajstić information content (AvgIpc) is 2.45. The second-order valence-electron chi connectivity index (χ2n) is 7.24.